The van der Waals surface area contributed by atoms with E-state index >= 15 is 0 Å². The molecule has 2 rings (SSSR count). The lowest BCUT2D eigenvalue weighted by atomic mass is 9.77. The van der Waals surface area contributed by atoms with Gasteiger partial charge in [0, 0.05) is 10.7 Å². The molecule has 1 atom stereocenters. The van der Waals surface area contributed by atoms with Gasteiger partial charge in [-0.1, -0.05) is 30.9 Å². The van der Waals surface area contributed by atoms with Crippen molar-refractivity contribution in [2.24, 2.45) is 5.92 Å². The largest absolute Gasteiger partial charge is 0.368 e. The zero-order valence-corrected chi connectivity index (χ0v) is 10.8. The van der Waals surface area contributed by atoms with E-state index < -0.39 is 5.54 Å². The molecule has 1 unspecified atom stereocenters. The Morgan fingerprint density at radius 3 is 2.53 bits per heavy atom. The number of anilines is 1. The van der Waals surface area contributed by atoms with Gasteiger partial charge < -0.3 is 5.32 Å². The number of halogens is 1. The molecule has 0 heterocycles. The van der Waals surface area contributed by atoms with E-state index in [-0.39, 0.29) is 0 Å². The Balaban J connectivity index is 2.02. The van der Waals surface area contributed by atoms with Crippen LogP contribution < -0.4 is 5.32 Å². The van der Waals surface area contributed by atoms with Crippen LogP contribution in [0.15, 0.2) is 24.3 Å². The molecular formula is C14H17ClN2. The predicted octanol–water partition coefficient (Wildman–Crippen LogP) is 4.22. The molecule has 90 valence electrons. The first kappa shape index (κ1) is 12.3. The second kappa shape index (κ2) is 4.98. The first-order chi connectivity index (χ1) is 8.11. The smallest absolute Gasteiger partial charge is 0.122 e. The van der Waals surface area contributed by atoms with Gasteiger partial charge in [0.25, 0.3) is 0 Å². The zero-order valence-electron chi connectivity index (χ0n) is 10.0. The minimum absolute atomic E-state index is 0.473. The Morgan fingerprint density at radius 1 is 1.41 bits per heavy atom. The quantitative estimate of drug-likeness (QED) is 0.866. The topological polar surface area (TPSA) is 35.8 Å². The normalized spacial score (nSPS) is 18.9. The van der Waals surface area contributed by atoms with Crippen LogP contribution in [0.25, 0.3) is 0 Å². The molecule has 0 radical (unpaired) electrons. The fourth-order valence-corrected chi connectivity index (χ4v) is 2.38. The number of hydrogen-bond donors (Lipinski definition) is 1. The summed E-state index contributed by atoms with van der Waals surface area (Å²) in [5.74, 6) is 0.708. The van der Waals surface area contributed by atoms with E-state index in [1.165, 1.54) is 19.3 Å². The standard InChI is InChI=1S/C14H17ClN2/c1-14(10-16,9-11-3-2-4-11)17-13-7-5-12(15)6-8-13/h5-8,11,17H,2-4,9H2,1H3. The summed E-state index contributed by atoms with van der Waals surface area (Å²) in [6.07, 6.45) is 4.76. The van der Waals surface area contributed by atoms with Gasteiger partial charge in [-0.15, -0.1) is 0 Å². The summed E-state index contributed by atoms with van der Waals surface area (Å²) >= 11 is 5.84. The summed E-state index contributed by atoms with van der Waals surface area (Å²) < 4.78 is 0. The van der Waals surface area contributed by atoms with Crippen molar-refractivity contribution >= 4 is 17.3 Å². The lowest BCUT2D eigenvalue weighted by Crippen LogP contribution is -2.36. The molecule has 0 aromatic heterocycles. The third kappa shape index (κ3) is 3.14. The van der Waals surface area contributed by atoms with E-state index in [1.807, 2.05) is 31.2 Å². The SMILES string of the molecule is CC(C#N)(CC1CCC1)Nc1ccc(Cl)cc1. The van der Waals surface area contributed by atoms with Gasteiger partial charge in [-0.25, -0.2) is 0 Å². The van der Waals surface area contributed by atoms with Crippen molar-refractivity contribution in [1.82, 2.24) is 0 Å². The molecule has 1 aromatic carbocycles. The number of nitrogens with one attached hydrogen (secondary N) is 1. The highest BCUT2D eigenvalue weighted by molar-refractivity contribution is 6.30. The minimum atomic E-state index is -0.473. The Bertz CT molecular complexity index is 417. The van der Waals surface area contributed by atoms with Gasteiger partial charge in [-0.3, -0.25) is 0 Å². The van der Waals surface area contributed by atoms with Gasteiger partial charge in [0.1, 0.15) is 5.54 Å². The summed E-state index contributed by atoms with van der Waals surface area (Å²) in [6, 6.07) is 9.90. The van der Waals surface area contributed by atoms with Crippen molar-refractivity contribution in [3.05, 3.63) is 29.3 Å². The van der Waals surface area contributed by atoms with Crippen molar-refractivity contribution in [2.75, 3.05) is 5.32 Å². The average molecular weight is 249 g/mol. The number of rotatable bonds is 4. The van der Waals surface area contributed by atoms with Crippen molar-refractivity contribution in [2.45, 2.75) is 38.1 Å². The maximum atomic E-state index is 9.33. The number of benzene rings is 1. The Kier molecular flexibility index (Phi) is 3.59. The number of nitriles is 1. The first-order valence-corrected chi connectivity index (χ1v) is 6.44. The molecule has 3 heteroatoms. The average Bonchev–Trinajstić information content (AvgIpc) is 2.27. The highest BCUT2D eigenvalue weighted by Crippen LogP contribution is 2.34. The lowest BCUT2D eigenvalue weighted by molar-refractivity contribution is 0.267. The van der Waals surface area contributed by atoms with Gasteiger partial charge >= 0.3 is 0 Å². The molecule has 17 heavy (non-hydrogen) atoms. The molecular weight excluding hydrogens is 232 g/mol. The van der Waals surface area contributed by atoms with Crippen LogP contribution in [0.5, 0.6) is 0 Å². The molecule has 0 spiro atoms. The van der Waals surface area contributed by atoms with Crippen LogP contribution in [0.1, 0.15) is 32.6 Å². The van der Waals surface area contributed by atoms with Gasteiger partial charge in [0.15, 0.2) is 0 Å². The molecule has 0 saturated heterocycles. The Labute approximate surface area is 108 Å². The van der Waals surface area contributed by atoms with Crippen LogP contribution in [0.3, 0.4) is 0 Å². The predicted molar refractivity (Wildman–Crippen MR) is 71.1 cm³/mol. The molecule has 2 nitrogen and oxygen atoms in total. The number of hydrogen-bond acceptors (Lipinski definition) is 2. The van der Waals surface area contributed by atoms with Crippen LogP contribution in [-0.2, 0) is 0 Å². The third-order valence-corrected chi connectivity index (χ3v) is 3.68. The highest BCUT2D eigenvalue weighted by Gasteiger charge is 2.30. The summed E-state index contributed by atoms with van der Waals surface area (Å²) in [7, 11) is 0. The van der Waals surface area contributed by atoms with E-state index in [2.05, 4.69) is 11.4 Å². The minimum Gasteiger partial charge on any atom is -0.368 e. The second-order valence-corrected chi connectivity index (χ2v) is 5.51. The van der Waals surface area contributed by atoms with Crippen molar-refractivity contribution in [3.63, 3.8) is 0 Å². The summed E-state index contributed by atoms with van der Waals surface area (Å²) in [5, 5.41) is 13.4. The van der Waals surface area contributed by atoms with Gasteiger partial charge in [-0.2, -0.15) is 5.26 Å². The second-order valence-electron chi connectivity index (χ2n) is 5.08. The summed E-state index contributed by atoms with van der Waals surface area (Å²) in [5.41, 5.74) is 0.483. The van der Waals surface area contributed by atoms with E-state index in [9.17, 15) is 5.26 Å². The van der Waals surface area contributed by atoms with Crippen molar-refractivity contribution in [1.29, 1.82) is 5.26 Å². The highest BCUT2D eigenvalue weighted by atomic mass is 35.5. The van der Waals surface area contributed by atoms with Crippen LogP contribution in [0, 0.1) is 17.2 Å². The molecule has 1 aromatic rings. The van der Waals surface area contributed by atoms with Gasteiger partial charge in [0.2, 0.25) is 0 Å². The van der Waals surface area contributed by atoms with Crippen molar-refractivity contribution in [3.8, 4) is 6.07 Å². The summed E-state index contributed by atoms with van der Waals surface area (Å²) in [4.78, 5) is 0. The molecule has 1 aliphatic carbocycles. The van der Waals surface area contributed by atoms with Crippen molar-refractivity contribution < 1.29 is 0 Å². The van der Waals surface area contributed by atoms with E-state index in [4.69, 9.17) is 11.6 Å². The van der Waals surface area contributed by atoms with E-state index in [0.29, 0.717) is 10.9 Å². The summed E-state index contributed by atoms with van der Waals surface area (Å²) in [6.45, 7) is 1.97. The molecule has 1 N–H and O–H groups in total. The van der Waals surface area contributed by atoms with Gasteiger partial charge in [-0.05, 0) is 43.5 Å². The molecule has 0 amide bonds. The maximum absolute atomic E-state index is 9.33. The van der Waals surface area contributed by atoms with E-state index in [0.717, 1.165) is 12.1 Å². The van der Waals surface area contributed by atoms with Crippen LogP contribution in [0.4, 0.5) is 5.69 Å². The molecule has 0 bridgehead atoms. The van der Waals surface area contributed by atoms with E-state index in [1.54, 1.807) is 0 Å². The molecule has 1 aliphatic rings. The number of nitrogens with zero attached hydrogens (tertiary/aromatic N) is 1. The molecule has 1 fully saturated rings. The first-order valence-electron chi connectivity index (χ1n) is 6.06. The van der Waals surface area contributed by atoms with Gasteiger partial charge in [0.05, 0.1) is 6.07 Å². The Morgan fingerprint density at radius 2 is 2.06 bits per heavy atom. The fraction of sp³-hybridized carbons (Fsp3) is 0.500. The zero-order chi connectivity index (χ0) is 12.3. The lowest BCUT2D eigenvalue weighted by Gasteiger charge is -2.33. The van der Waals surface area contributed by atoms with Crippen LogP contribution in [-0.4, -0.2) is 5.54 Å². The maximum Gasteiger partial charge on any atom is 0.122 e. The van der Waals surface area contributed by atoms with Crippen LogP contribution >= 0.6 is 11.6 Å². The molecule has 0 aliphatic heterocycles. The third-order valence-electron chi connectivity index (χ3n) is 3.43. The van der Waals surface area contributed by atoms with Crippen LogP contribution in [0.2, 0.25) is 5.02 Å². The molecule has 1 saturated carbocycles. The Hall–Kier alpha value is -1.20. The monoisotopic (exact) mass is 248 g/mol. The fourth-order valence-electron chi connectivity index (χ4n) is 2.25.